The van der Waals surface area contributed by atoms with Crippen molar-refractivity contribution in [3.05, 3.63) is 47.2 Å². The number of pyridine rings is 1. The lowest BCUT2D eigenvalue weighted by atomic mass is 9.96. The molecule has 1 amide bonds. The van der Waals surface area contributed by atoms with Gasteiger partial charge >= 0.3 is 0 Å². The molecule has 1 heterocycles. The number of carbonyl (C=O) groups excluding carboxylic acids is 1. The molecule has 3 rings (SSSR count). The summed E-state index contributed by atoms with van der Waals surface area (Å²) in [5, 5.41) is 13.0. The third-order valence-electron chi connectivity index (χ3n) is 4.58. The monoisotopic (exact) mass is 381 g/mol. The van der Waals surface area contributed by atoms with Crippen LogP contribution < -0.4 is 10.1 Å². The molecule has 0 saturated carbocycles. The summed E-state index contributed by atoms with van der Waals surface area (Å²) < 4.78 is 5.17. The first-order valence-corrected chi connectivity index (χ1v) is 10.2. The van der Waals surface area contributed by atoms with E-state index >= 15 is 0 Å². The Hall–Kier alpha value is -2.52. The largest absolute Gasteiger partial charge is 0.497 e. The molecule has 0 atom stereocenters. The number of ether oxygens (including phenoxy) is 1. The van der Waals surface area contributed by atoms with Crippen LogP contribution in [0.25, 0.3) is 0 Å². The van der Waals surface area contributed by atoms with E-state index in [0.29, 0.717) is 22.0 Å². The van der Waals surface area contributed by atoms with Crippen LogP contribution >= 0.6 is 11.8 Å². The van der Waals surface area contributed by atoms with Crippen LogP contribution in [0.5, 0.6) is 5.75 Å². The summed E-state index contributed by atoms with van der Waals surface area (Å²) in [5.41, 5.74) is 3.53. The third-order valence-corrected chi connectivity index (χ3v) is 5.57. The van der Waals surface area contributed by atoms with Gasteiger partial charge in [-0.25, -0.2) is 4.98 Å². The smallest absolute Gasteiger partial charge is 0.234 e. The van der Waals surface area contributed by atoms with E-state index in [-0.39, 0.29) is 11.7 Å². The Morgan fingerprint density at radius 3 is 2.85 bits per heavy atom. The molecule has 1 aromatic carbocycles. The number of nitrogens with zero attached hydrogens (tertiary/aromatic N) is 2. The van der Waals surface area contributed by atoms with Crippen LogP contribution in [-0.2, 0) is 17.6 Å². The SMILES string of the molecule is COc1cccc(NC(=O)CSc2nc3c(cc2C#N)CCCCCC3)c1. The van der Waals surface area contributed by atoms with Crippen molar-refractivity contribution in [3.63, 3.8) is 0 Å². The Kier molecular flexibility index (Phi) is 6.72. The van der Waals surface area contributed by atoms with Crippen LogP contribution in [0.4, 0.5) is 5.69 Å². The van der Waals surface area contributed by atoms with Gasteiger partial charge in [-0.05, 0) is 49.4 Å². The van der Waals surface area contributed by atoms with Gasteiger partial charge in [-0.2, -0.15) is 5.26 Å². The highest BCUT2D eigenvalue weighted by Crippen LogP contribution is 2.27. The molecule has 6 heteroatoms. The van der Waals surface area contributed by atoms with Gasteiger partial charge in [0.2, 0.25) is 5.91 Å². The van der Waals surface area contributed by atoms with Crippen LogP contribution in [0.3, 0.4) is 0 Å². The number of amides is 1. The Bertz CT molecular complexity index is 861. The fraction of sp³-hybridized carbons (Fsp3) is 0.381. The standard InChI is InChI=1S/C21H23N3O2S/c1-26-18-9-6-8-17(12-18)23-20(25)14-27-21-16(13-22)11-15-7-4-2-3-5-10-19(15)24-21/h6,8-9,11-12H,2-5,7,10,14H2,1H3,(H,23,25). The van der Waals surface area contributed by atoms with Crippen molar-refractivity contribution in [1.82, 2.24) is 4.98 Å². The van der Waals surface area contributed by atoms with Gasteiger partial charge < -0.3 is 10.1 Å². The number of thioether (sulfide) groups is 1. The van der Waals surface area contributed by atoms with Gasteiger partial charge in [-0.3, -0.25) is 4.79 Å². The number of nitrogens with one attached hydrogen (secondary N) is 1. The van der Waals surface area contributed by atoms with E-state index in [2.05, 4.69) is 11.4 Å². The third kappa shape index (κ3) is 5.24. The zero-order chi connectivity index (χ0) is 19.1. The second kappa shape index (κ2) is 9.43. The van der Waals surface area contributed by atoms with Crippen molar-refractivity contribution in [2.75, 3.05) is 18.2 Å². The molecular weight excluding hydrogens is 358 g/mol. The Balaban J connectivity index is 1.68. The minimum atomic E-state index is -0.134. The highest BCUT2D eigenvalue weighted by Gasteiger charge is 2.15. The highest BCUT2D eigenvalue weighted by atomic mass is 32.2. The second-order valence-electron chi connectivity index (χ2n) is 6.54. The van der Waals surface area contributed by atoms with Gasteiger partial charge in [0.05, 0.1) is 18.4 Å². The van der Waals surface area contributed by atoms with Gasteiger partial charge in [0.1, 0.15) is 16.8 Å². The summed E-state index contributed by atoms with van der Waals surface area (Å²) in [6, 6.07) is 11.4. The zero-order valence-corrected chi connectivity index (χ0v) is 16.3. The molecule has 1 N–H and O–H groups in total. The maximum Gasteiger partial charge on any atom is 0.234 e. The summed E-state index contributed by atoms with van der Waals surface area (Å²) in [6.07, 6.45) is 6.68. The summed E-state index contributed by atoms with van der Waals surface area (Å²) in [6.45, 7) is 0. The molecule has 1 aliphatic carbocycles. The molecule has 5 nitrogen and oxygen atoms in total. The summed E-state index contributed by atoms with van der Waals surface area (Å²) >= 11 is 1.32. The predicted molar refractivity (Wildman–Crippen MR) is 107 cm³/mol. The molecule has 1 aliphatic rings. The second-order valence-corrected chi connectivity index (χ2v) is 7.51. The molecule has 2 aromatic rings. The minimum absolute atomic E-state index is 0.134. The first kappa shape index (κ1) is 19.2. The quantitative estimate of drug-likeness (QED) is 0.779. The molecule has 1 aromatic heterocycles. The number of benzene rings is 1. The molecular formula is C21H23N3O2S. The maximum atomic E-state index is 12.3. The van der Waals surface area contributed by atoms with Gasteiger partial charge in [0.15, 0.2) is 0 Å². The van der Waals surface area contributed by atoms with E-state index in [1.807, 2.05) is 24.3 Å². The summed E-state index contributed by atoms with van der Waals surface area (Å²) in [4.78, 5) is 17.0. The Morgan fingerprint density at radius 2 is 2.07 bits per heavy atom. The fourth-order valence-corrected chi connectivity index (χ4v) is 3.96. The lowest BCUT2D eigenvalue weighted by molar-refractivity contribution is -0.113. The number of carbonyl (C=O) groups is 1. The predicted octanol–water partition coefficient (Wildman–Crippen LogP) is 4.35. The molecule has 0 radical (unpaired) electrons. The number of anilines is 1. The number of hydrogen-bond donors (Lipinski definition) is 1. The van der Waals surface area contributed by atoms with Gasteiger partial charge in [0, 0.05) is 17.4 Å². The highest BCUT2D eigenvalue weighted by molar-refractivity contribution is 8.00. The number of fused-ring (bicyclic) bond motifs is 1. The molecule has 0 unspecified atom stereocenters. The number of aryl methyl sites for hydroxylation is 2. The van der Waals surface area contributed by atoms with E-state index in [4.69, 9.17) is 9.72 Å². The molecule has 140 valence electrons. The Morgan fingerprint density at radius 1 is 1.26 bits per heavy atom. The van der Waals surface area contributed by atoms with Gasteiger partial charge in [-0.1, -0.05) is 30.7 Å². The summed E-state index contributed by atoms with van der Waals surface area (Å²) in [7, 11) is 1.59. The lowest BCUT2D eigenvalue weighted by Crippen LogP contribution is -2.14. The van der Waals surface area contributed by atoms with Crippen molar-refractivity contribution in [2.45, 2.75) is 43.6 Å². The van der Waals surface area contributed by atoms with Crippen molar-refractivity contribution < 1.29 is 9.53 Å². The Labute approximate surface area is 164 Å². The van der Waals surface area contributed by atoms with Crippen molar-refractivity contribution in [2.24, 2.45) is 0 Å². The van der Waals surface area contributed by atoms with Crippen molar-refractivity contribution >= 4 is 23.4 Å². The number of hydrogen-bond acceptors (Lipinski definition) is 5. The van der Waals surface area contributed by atoms with Crippen molar-refractivity contribution in [1.29, 1.82) is 5.26 Å². The number of aromatic nitrogens is 1. The maximum absolute atomic E-state index is 12.3. The van der Waals surface area contributed by atoms with E-state index < -0.39 is 0 Å². The molecule has 0 saturated heterocycles. The molecule has 0 bridgehead atoms. The van der Waals surface area contributed by atoms with E-state index in [0.717, 1.165) is 31.4 Å². The van der Waals surface area contributed by atoms with Crippen LogP contribution in [0, 0.1) is 11.3 Å². The first-order chi connectivity index (χ1) is 13.2. The van der Waals surface area contributed by atoms with Crippen LogP contribution in [0.15, 0.2) is 35.4 Å². The topological polar surface area (TPSA) is 75.0 Å². The number of rotatable bonds is 5. The van der Waals surface area contributed by atoms with Gasteiger partial charge in [-0.15, -0.1) is 0 Å². The van der Waals surface area contributed by atoms with E-state index in [1.54, 1.807) is 13.2 Å². The van der Waals surface area contributed by atoms with Crippen molar-refractivity contribution in [3.8, 4) is 11.8 Å². The van der Waals surface area contributed by atoms with Crippen LogP contribution in [-0.4, -0.2) is 23.8 Å². The fourth-order valence-electron chi connectivity index (χ4n) is 3.19. The van der Waals surface area contributed by atoms with Crippen LogP contribution in [0.2, 0.25) is 0 Å². The van der Waals surface area contributed by atoms with Crippen LogP contribution in [0.1, 0.15) is 42.5 Å². The molecule has 0 spiro atoms. The molecule has 0 aliphatic heterocycles. The van der Waals surface area contributed by atoms with E-state index in [9.17, 15) is 10.1 Å². The average Bonchev–Trinajstić information content (AvgIpc) is 2.67. The normalized spacial score (nSPS) is 13.6. The molecule has 0 fully saturated rings. The number of methoxy groups -OCH3 is 1. The lowest BCUT2D eigenvalue weighted by Gasteiger charge is -2.15. The summed E-state index contributed by atoms with van der Waals surface area (Å²) in [5.74, 6) is 0.763. The van der Waals surface area contributed by atoms with E-state index in [1.165, 1.54) is 30.2 Å². The number of nitriles is 1. The van der Waals surface area contributed by atoms with Gasteiger partial charge in [0.25, 0.3) is 0 Å². The molecule has 27 heavy (non-hydrogen) atoms. The first-order valence-electron chi connectivity index (χ1n) is 9.19. The average molecular weight is 382 g/mol. The zero-order valence-electron chi connectivity index (χ0n) is 15.5. The minimum Gasteiger partial charge on any atom is -0.497 e.